The predicted molar refractivity (Wildman–Crippen MR) is 383 cm³/mol. The number of aryl methyl sites for hydroxylation is 4. The Morgan fingerprint density at radius 2 is 0.625 bits per heavy atom. The number of hydrogen-bond acceptors (Lipinski definition) is 9. The molecule has 8 aromatic heterocycles. The Kier molecular flexibility index (Phi) is 23.3. The van der Waals surface area contributed by atoms with Gasteiger partial charge in [-0.05, 0) is 129 Å². The van der Waals surface area contributed by atoms with Gasteiger partial charge in [0.15, 0.2) is 23.3 Å². The number of aliphatic hydroxyl groups is 1. The summed E-state index contributed by atoms with van der Waals surface area (Å²) in [6.07, 6.45) is 25.8. The molecule has 0 bridgehead atoms. The van der Waals surface area contributed by atoms with Crippen LogP contribution in [0.2, 0.25) is 0 Å². The fourth-order valence-electron chi connectivity index (χ4n) is 12.7. The van der Waals surface area contributed by atoms with Crippen molar-refractivity contribution in [2.75, 3.05) is 6.51 Å². The summed E-state index contributed by atoms with van der Waals surface area (Å²) in [7, 11) is 4.62. The van der Waals surface area contributed by atoms with E-state index >= 15 is 0 Å². The van der Waals surface area contributed by atoms with Crippen LogP contribution in [0.4, 0.5) is 0 Å². The molecule has 4 aromatic carbocycles. The van der Waals surface area contributed by atoms with E-state index in [0.29, 0.717) is 71.8 Å². The molecule has 0 aliphatic carbocycles. The first-order chi connectivity index (χ1) is 46.2. The first-order valence-electron chi connectivity index (χ1n) is 34.1. The molecular weight excluding hydrogens is 1370 g/mol. The van der Waals surface area contributed by atoms with Gasteiger partial charge in [0.05, 0.1) is 45.5 Å². The minimum absolute atomic E-state index is 0. The summed E-state index contributed by atoms with van der Waals surface area (Å²) in [6.45, 7) is 35.9. The third kappa shape index (κ3) is 15.6. The maximum atomic E-state index is 5.83. The molecule has 0 spiro atoms. The van der Waals surface area contributed by atoms with Gasteiger partial charge >= 0.3 is 21.1 Å². The first-order valence-corrected chi connectivity index (χ1v) is 33.7. The minimum Gasteiger partial charge on any atom is -0.440 e. The van der Waals surface area contributed by atoms with Crippen molar-refractivity contribution in [2.24, 2.45) is 0 Å². The molecule has 8 heterocycles. The first kappa shape index (κ1) is 70.1. The quantitative estimate of drug-likeness (QED) is 0.0514. The smallest absolute Gasteiger partial charge is 0.440 e. The zero-order valence-electron chi connectivity index (χ0n) is 59.6. The molecule has 3 N–H and O–H groups in total. The van der Waals surface area contributed by atoms with Gasteiger partial charge in [-0.25, -0.2) is 29.9 Å². The molecule has 500 valence electrons. The Balaban J connectivity index is 0.000000213. The molecule has 12 rings (SSSR count). The summed E-state index contributed by atoms with van der Waals surface area (Å²) in [4.78, 5) is 54.6. The topological polar surface area (TPSA) is 203 Å². The largest absolute Gasteiger partial charge is 2.00 e. The Labute approximate surface area is 584 Å². The van der Waals surface area contributed by atoms with E-state index in [1.807, 2.05) is 12.4 Å². The van der Waals surface area contributed by atoms with Crippen LogP contribution in [0, 0.1) is 0 Å². The van der Waals surface area contributed by atoms with E-state index in [1.54, 1.807) is 37.2 Å². The average molecular weight is 1470 g/mol. The number of para-hydroxylation sites is 4. The number of hydrogen-bond donors (Lipinski definition) is 3. The van der Waals surface area contributed by atoms with E-state index in [4.69, 9.17) is 21.4 Å². The van der Waals surface area contributed by atoms with Crippen molar-refractivity contribution < 1.29 is 26.2 Å². The molecule has 0 saturated heterocycles. The molecule has 0 fully saturated rings. The molecule has 0 aliphatic heterocycles. The predicted octanol–water partition coefficient (Wildman–Crippen LogP) is 16.6. The molecule has 0 aliphatic rings. The van der Waals surface area contributed by atoms with E-state index in [2.05, 4.69) is 279 Å². The Morgan fingerprint density at radius 3 is 0.823 bits per heavy atom. The van der Waals surface area contributed by atoms with Crippen LogP contribution < -0.4 is 9.97 Å². The summed E-state index contributed by atoms with van der Waals surface area (Å²) in [6, 6.07) is 26.5. The Morgan fingerprint density at radius 1 is 0.385 bits per heavy atom. The molecule has 17 nitrogen and oxygen atoms in total. The molecular formula is C77H93BN16OPt. The van der Waals surface area contributed by atoms with Gasteiger partial charge in [-0.3, -0.25) is 18.3 Å². The molecule has 19 heteroatoms. The molecule has 0 amide bonds. The maximum absolute atomic E-state index is 5.83. The van der Waals surface area contributed by atoms with Crippen LogP contribution in [0.1, 0.15) is 225 Å². The second-order valence-electron chi connectivity index (χ2n) is 26.9. The van der Waals surface area contributed by atoms with Crippen LogP contribution >= 0.6 is 0 Å². The van der Waals surface area contributed by atoms with Crippen molar-refractivity contribution in [3.63, 3.8) is 0 Å². The second kappa shape index (κ2) is 31.9. The third-order valence-electron chi connectivity index (χ3n) is 17.4. The minimum atomic E-state index is -0.0139. The van der Waals surface area contributed by atoms with Crippen molar-refractivity contribution >= 4 is 7.85 Å². The summed E-state index contributed by atoms with van der Waals surface area (Å²) in [5, 5.41) is 3.57. The average Bonchev–Trinajstić information content (AvgIpc) is 1.71. The number of nitrogens with zero attached hydrogens (tertiary/aromatic N) is 14. The van der Waals surface area contributed by atoms with Gasteiger partial charge in [0.2, 0.25) is 1.43 Å². The van der Waals surface area contributed by atoms with Crippen LogP contribution in [0.15, 0.2) is 147 Å². The van der Waals surface area contributed by atoms with E-state index in [0.717, 1.165) is 70.6 Å². The van der Waals surface area contributed by atoms with Crippen LogP contribution in [0.25, 0.3) is 69.3 Å². The number of aromatic amines is 2. The number of H-pyrrole nitrogens is 2. The number of rotatable bonds is 23. The maximum Gasteiger partial charge on any atom is 2.00 e. The van der Waals surface area contributed by atoms with Crippen molar-refractivity contribution in [2.45, 2.75) is 184 Å². The van der Waals surface area contributed by atoms with E-state index in [9.17, 15) is 0 Å². The number of imidazole rings is 8. The summed E-state index contributed by atoms with van der Waals surface area (Å²) in [5.74, 6) is 8.77. The number of aliphatic hydroxyl groups excluding tert-OH is 1. The van der Waals surface area contributed by atoms with Crippen molar-refractivity contribution in [1.29, 1.82) is 1.43 Å². The second-order valence-corrected chi connectivity index (χ2v) is 26.9. The van der Waals surface area contributed by atoms with Gasteiger partial charge in [-0.1, -0.05) is 208 Å². The summed E-state index contributed by atoms with van der Waals surface area (Å²) in [5.41, 5.74) is 19.0. The van der Waals surface area contributed by atoms with E-state index in [1.165, 1.54) is 67.3 Å². The fraction of sp³-hybridized carbons (Fsp3) is 0.377. The van der Waals surface area contributed by atoms with Gasteiger partial charge in [0.25, 0.3) is 0 Å². The molecule has 96 heavy (non-hydrogen) atoms. The molecule has 0 atom stereocenters. The van der Waals surface area contributed by atoms with Crippen LogP contribution in [0.3, 0.4) is 0 Å². The van der Waals surface area contributed by atoms with Gasteiger partial charge in [-0.15, -0.1) is 0 Å². The van der Waals surface area contributed by atoms with E-state index < -0.39 is 0 Å². The molecule has 12 aromatic rings. The van der Waals surface area contributed by atoms with Crippen molar-refractivity contribution in [3.05, 3.63) is 214 Å². The SMILES string of the molecule is CC(C)c1cccc(C(C)C)c1-n1cc(CCc2cn(-c3c(C(C)C)cccc3C(C)C)c(-c3ncc[n-]3)n2)nc1-c1ncc[n-]1.CC(C)c1cccc(C(C)C)c1-n1cc(CCc2cn(-c3c(C(C)C)cccc3C(C)C)c(-c3ncc[nH]3)n2)nc1-c1ncc[nH]1.[2H]OC[B].[Pt+2]. The Bertz CT molecular complexity index is 3760. The van der Waals surface area contributed by atoms with Crippen LogP contribution in [0.5, 0.6) is 0 Å². The monoisotopic (exact) mass is 1460 g/mol. The Hall–Kier alpha value is -8.73. The third-order valence-corrected chi connectivity index (χ3v) is 17.4. The molecule has 0 unspecified atom stereocenters. The van der Waals surface area contributed by atoms with Gasteiger partial charge in [0, 0.05) is 56.1 Å². The molecule has 0 saturated carbocycles. The molecule has 2 radical (unpaired) electrons. The fourth-order valence-corrected chi connectivity index (χ4v) is 12.7. The zero-order valence-corrected chi connectivity index (χ0v) is 60.8. The van der Waals surface area contributed by atoms with E-state index in [-0.39, 0.29) is 27.6 Å². The standard InChI is InChI=1S/C38H46N8.C38H44N8.CH3BO.Pt/c2*1-23(2)29-11-9-12-30(24(3)4)33(29)45-21-27(43-37(45)35-39-17-18-40-35)15-16-28-22-46(38(44-28)36-41-19-20-42-36)34-31(25(5)6)13-10-14-32(34)26(7)8;2-1-3;/h9-14,17-26H,15-16H2,1-8H3,(H,39,40)(H,41,42);9-14,17-26H,15-16H2,1-8H3;3H,1H2;/q;-2;;+2/i;;3D;. The van der Waals surface area contributed by atoms with Gasteiger partial charge < -0.3 is 35.0 Å². The number of aromatic nitrogens is 16. The number of nitrogens with one attached hydrogen (secondary N) is 2. The van der Waals surface area contributed by atoms with Crippen LogP contribution in [-0.2, 0) is 46.7 Å². The van der Waals surface area contributed by atoms with Gasteiger partial charge in [0.1, 0.15) is 19.5 Å². The summed E-state index contributed by atoms with van der Waals surface area (Å²) >= 11 is 0. The van der Waals surface area contributed by atoms with Crippen LogP contribution in [-0.4, -0.2) is 89.0 Å². The van der Waals surface area contributed by atoms with Gasteiger partial charge in [-0.2, -0.15) is 0 Å². The van der Waals surface area contributed by atoms with Crippen molar-refractivity contribution in [1.82, 2.24) is 78.1 Å². The summed E-state index contributed by atoms with van der Waals surface area (Å²) < 4.78 is 14.8. The zero-order chi connectivity index (χ0) is 68.5. The number of benzene rings is 4. The van der Waals surface area contributed by atoms with Crippen molar-refractivity contribution in [3.8, 4) is 69.3 Å². The normalized spacial score (nSPS) is 11.8.